The number of carboxylic acids is 1. The van der Waals surface area contributed by atoms with Gasteiger partial charge in [-0.2, -0.15) is 0 Å². The van der Waals surface area contributed by atoms with Crippen molar-refractivity contribution in [3.8, 4) is 0 Å². The number of carbonyl (C=O) groups is 1. The van der Waals surface area contributed by atoms with Gasteiger partial charge in [0, 0.05) is 11.8 Å². The van der Waals surface area contributed by atoms with E-state index < -0.39 is 23.6 Å². The number of unbranched alkanes of at least 4 members (excludes halogenated alkanes) is 3. The van der Waals surface area contributed by atoms with Crippen molar-refractivity contribution in [2.45, 2.75) is 38.1 Å². The molecule has 1 rings (SSSR count). The van der Waals surface area contributed by atoms with E-state index in [9.17, 15) is 13.6 Å². The SMILES string of the molecule is C=CCCCCCC(Nc1cc(F)cc(F)c1)C(=O)O. The lowest BCUT2D eigenvalue weighted by atomic mass is 10.1. The van der Waals surface area contributed by atoms with Gasteiger partial charge in [-0.05, 0) is 31.4 Å². The molecule has 0 fully saturated rings. The van der Waals surface area contributed by atoms with Gasteiger partial charge in [0.15, 0.2) is 0 Å². The molecule has 5 heteroatoms. The number of hydrogen-bond acceptors (Lipinski definition) is 2. The first-order valence-electron chi connectivity index (χ1n) is 6.59. The summed E-state index contributed by atoms with van der Waals surface area (Å²) in [7, 11) is 0. The Hall–Kier alpha value is -1.91. The summed E-state index contributed by atoms with van der Waals surface area (Å²) >= 11 is 0. The fraction of sp³-hybridized carbons (Fsp3) is 0.400. The smallest absolute Gasteiger partial charge is 0.326 e. The lowest BCUT2D eigenvalue weighted by Crippen LogP contribution is -2.29. The van der Waals surface area contributed by atoms with E-state index in [0.29, 0.717) is 6.42 Å². The fourth-order valence-electron chi connectivity index (χ4n) is 1.91. The molecule has 0 spiro atoms. The molecular formula is C15H19F2NO2. The number of halogens is 2. The second kappa shape index (κ2) is 8.30. The van der Waals surface area contributed by atoms with Crippen LogP contribution in [-0.4, -0.2) is 17.1 Å². The zero-order valence-corrected chi connectivity index (χ0v) is 11.2. The van der Waals surface area contributed by atoms with Crippen molar-refractivity contribution in [1.29, 1.82) is 0 Å². The van der Waals surface area contributed by atoms with E-state index in [4.69, 9.17) is 5.11 Å². The van der Waals surface area contributed by atoms with E-state index >= 15 is 0 Å². The molecule has 0 amide bonds. The molecule has 110 valence electrons. The molecular weight excluding hydrogens is 264 g/mol. The summed E-state index contributed by atoms with van der Waals surface area (Å²) in [6.07, 6.45) is 5.72. The highest BCUT2D eigenvalue weighted by atomic mass is 19.1. The number of anilines is 1. The summed E-state index contributed by atoms with van der Waals surface area (Å²) < 4.78 is 26.1. The third-order valence-corrected chi connectivity index (χ3v) is 2.90. The monoisotopic (exact) mass is 283 g/mol. The van der Waals surface area contributed by atoms with Gasteiger partial charge in [0.1, 0.15) is 17.7 Å². The zero-order chi connectivity index (χ0) is 15.0. The Balaban J connectivity index is 2.54. The molecule has 0 heterocycles. The molecule has 1 unspecified atom stereocenters. The molecule has 0 aromatic heterocycles. The summed E-state index contributed by atoms with van der Waals surface area (Å²) in [6, 6.07) is 2.06. The molecule has 0 aliphatic carbocycles. The Morgan fingerprint density at radius 2 is 1.90 bits per heavy atom. The number of carboxylic acid groups (broad SMARTS) is 1. The Labute approximate surface area is 117 Å². The van der Waals surface area contributed by atoms with Crippen LogP contribution in [0, 0.1) is 11.6 Å². The van der Waals surface area contributed by atoms with Gasteiger partial charge in [-0.3, -0.25) is 0 Å². The largest absolute Gasteiger partial charge is 0.480 e. The van der Waals surface area contributed by atoms with Crippen LogP contribution in [0.2, 0.25) is 0 Å². The standard InChI is InChI=1S/C15H19F2NO2/c1-2-3-4-5-6-7-14(15(19)20)18-13-9-11(16)8-12(17)10-13/h2,8-10,14,18H,1,3-7H2,(H,19,20). The average Bonchev–Trinajstić information content (AvgIpc) is 2.35. The summed E-state index contributed by atoms with van der Waals surface area (Å²) in [6.45, 7) is 3.62. The minimum atomic E-state index is -1.03. The van der Waals surface area contributed by atoms with Crippen molar-refractivity contribution in [2.24, 2.45) is 0 Å². The van der Waals surface area contributed by atoms with E-state index in [1.54, 1.807) is 0 Å². The van der Waals surface area contributed by atoms with Crippen LogP contribution in [-0.2, 0) is 4.79 Å². The van der Waals surface area contributed by atoms with Gasteiger partial charge in [0.2, 0.25) is 0 Å². The van der Waals surface area contributed by atoms with Gasteiger partial charge in [0.25, 0.3) is 0 Å². The number of allylic oxidation sites excluding steroid dienone is 1. The molecule has 0 radical (unpaired) electrons. The topological polar surface area (TPSA) is 49.3 Å². The third-order valence-electron chi connectivity index (χ3n) is 2.90. The molecule has 1 atom stereocenters. The molecule has 1 aromatic carbocycles. The maximum absolute atomic E-state index is 13.0. The van der Waals surface area contributed by atoms with Crippen LogP contribution in [0.3, 0.4) is 0 Å². The number of nitrogens with one attached hydrogen (secondary N) is 1. The van der Waals surface area contributed by atoms with Crippen LogP contribution in [0.25, 0.3) is 0 Å². The Bertz CT molecular complexity index is 443. The van der Waals surface area contributed by atoms with Crippen LogP contribution in [0.5, 0.6) is 0 Å². The first-order valence-corrected chi connectivity index (χ1v) is 6.59. The lowest BCUT2D eigenvalue weighted by Gasteiger charge is -2.15. The van der Waals surface area contributed by atoms with E-state index in [1.807, 2.05) is 6.08 Å². The van der Waals surface area contributed by atoms with Crippen molar-refractivity contribution in [3.05, 3.63) is 42.5 Å². The van der Waals surface area contributed by atoms with Gasteiger partial charge in [-0.15, -0.1) is 6.58 Å². The number of benzene rings is 1. The zero-order valence-electron chi connectivity index (χ0n) is 11.2. The summed E-state index contributed by atoms with van der Waals surface area (Å²) in [5, 5.41) is 11.8. The van der Waals surface area contributed by atoms with Gasteiger partial charge < -0.3 is 10.4 Å². The van der Waals surface area contributed by atoms with Crippen LogP contribution in [0.1, 0.15) is 32.1 Å². The minimum absolute atomic E-state index is 0.140. The fourth-order valence-corrected chi connectivity index (χ4v) is 1.91. The predicted molar refractivity (Wildman–Crippen MR) is 74.7 cm³/mol. The quantitative estimate of drug-likeness (QED) is 0.532. The number of rotatable bonds is 9. The summed E-state index contributed by atoms with van der Waals surface area (Å²) in [5.74, 6) is -2.50. The predicted octanol–water partition coefficient (Wildman–Crippen LogP) is 3.97. The normalized spacial score (nSPS) is 11.9. The molecule has 0 saturated carbocycles. The van der Waals surface area contributed by atoms with Crippen LogP contribution in [0.4, 0.5) is 14.5 Å². The Kier molecular flexibility index (Phi) is 6.70. The molecule has 0 saturated heterocycles. The van der Waals surface area contributed by atoms with Crippen LogP contribution < -0.4 is 5.32 Å². The molecule has 0 aliphatic rings. The lowest BCUT2D eigenvalue weighted by molar-refractivity contribution is -0.138. The molecule has 2 N–H and O–H groups in total. The van der Waals surface area contributed by atoms with Gasteiger partial charge >= 0.3 is 5.97 Å². The maximum Gasteiger partial charge on any atom is 0.326 e. The number of aliphatic carboxylic acids is 1. The van der Waals surface area contributed by atoms with E-state index in [2.05, 4.69) is 11.9 Å². The summed E-state index contributed by atoms with van der Waals surface area (Å²) in [5.41, 5.74) is 0.140. The van der Waals surface area contributed by atoms with Crippen molar-refractivity contribution in [3.63, 3.8) is 0 Å². The van der Waals surface area contributed by atoms with Crippen LogP contribution in [0.15, 0.2) is 30.9 Å². The van der Waals surface area contributed by atoms with Crippen LogP contribution >= 0.6 is 0 Å². The molecule has 20 heavy (non-hydrogen) atoms. The maximum atomic E-state index is 13.0. The molecule has 0 bridgehead atoms. The highest BCUT2D eigenvalue weighted by Crippen LogP contribution is 2.16. The molecule has 0 aliphatic heterocycles. The second-order valence-electron chi connectivity index (χ2n) is 4.62. The average molecular weight is 283 g/mol. The van der Waals surface area contributed by atoms with Gasteiger partial charge in [0.05, 0.1) is 0 Å². The third kappa shape index (κ3) is 5.82. The van der Waals surface area contributed by atoms with Gasteiger partial charge in [-0.25, -0.2) is 13.6 Å². The van der Waals surface area contributed by atoms with Gasteiger partial charge in [-0.1, -0.05) is 18.9 Å². The first-order chi connectivity index (χ1) is 9.52. The number of hydrogen-bond donors (Lipinski definition) is 2. The highest BCUT2D eigenvalue weighted by molar-refractivity contribution is 5.77. The minimum Gasteiger partial charge on any atom is -0.480 e. The van der Waals surface area contributed by atoms with Crippen molar-refractivity contribution < 1.29 is 18.7 Å². The molecule has 1 aromatic rings. The van der Waals surface area contributed by atoms with Crippen molar-refractivity contribution >= 4 is 11.7 Å². The highest BCUT2D eigenvalue weighted by Gasteiger charge is 2.17. The van der Waals surface area contributed by atoms with Crippen molar-refractivity contribution in [2.75, 3.05) is 5.32 Å². The second-order valence-corrected chi connectivity index (χ2v) is 4.62. The van der Waals surface area contributed by atoms with E-state index in [-0.39, 0.29) is 5.69 Å². The Morgan fingerprint density at radius 1 is 1.25 bits per heavy atom. The summed E-state index contributed by atoms with van der Waals surface area (Å²) in [4.78, 5) is 11.1. The van der Waals surface area contributed by atoms with E-state index in [0.717, 1.165) is 43.9 Å². The first kappa shape index (κ1) is 16.1. The van der Waals surface area contributed by atoms with E-state index in [1.165, 1.54) is 0 Å². The Morgan fingerprint density at radius 3 is 2.45 bits per heavy atom. The molecule has 3 nitrogen and oxygen atoms in total. The van der Waals surface area contributed by atoms with Crippen molar-refractivity contribution in [1.82, 2.24) is 0 Å².